The van der Waals surface area contributed by atoms with Crippen LogP contribution in [0.25, 0.3) is 5.82 Å². The monoisotopic (exact) mass is 325 g/mol. The number of rotatable bonds is 5. The summed E-state index contributed by atoms with van der Waals surface area (Å²) in [6, 6.07) is 10.3. The summed E-state index contributed by atoms with van der Waals surface area (Å²) in [4.78, 5) is 16.8. The first-order valence-corrected chi connectivity index (χ1v) is 7.06. The average molecular weight is 325 g/mol. The number of anilines is 1. The molecule has 0 spiro atoms. The van der Waals surface area contributed by atoms with Crippen LogP contribution in [0.4, 0.5) is 5.69 Å². The molecule has 0 aliphatic rings. The Kier molecular flexibility index (Phi) is 4.37. The standard InChI is InChI=1S/C16H15N5O3/c1-23-11-6-7-12(14(8-11)24-2)20-16(22)13-4-3-5-15(19-13)21-9-17-18-10-21/h3-10H,1-2H3,(H,20,22). The summed E-state index contributed by atoms with van der Waals surface area (Å²) in [5, 5.41) is 10.2. The number of ether oxygens (including phenoxy) is 2. The van der Waals surface area contributed by atoms with Crippen LogP contribution >= 0.6 is 0 Å². The molecule has 8 heteroatoms. The molecule has 0 unspecified atom stereocenters. The molecule has 3 aromatic rings. The van der Waals surface area contributed by atoms with Crippen molar-refractivity contribution in [3.63, 3.8) is 0 Å². The maximum atomic E-state index is 12.5. The van der Waals surface area contributed by atoms with E-state index in [0.717, 1.165) is 0 Å². The highest BCUT2D eigenvalue weighted by Crippen LogP contribution is 2.29. The van der Waals surface area contributed by atoms with Crippen molar-refractivity contribution in [1.29, 1.82) is 0 Å². The summed E-state index contributed by atoms with van der Waals surface area (Å²) in [6.07, 6.45) is 3.02. The zero-order chi connectivity index (χ0) is 16.9. The van der Waals surface area contributed by atoms with Gasteiger partial charge in [-0.1, -0.05) is 6.07 Å². The van der Waals surface area contributed by atoms with Gasteiger partial charge in [0.25, 0.3) is 5.91 Å². The Bertz CT molecular complexity index is 849. The van der Waals surface area contributed by atoms with E-state index in [1.165, 1.54) is 19.8 Å². The first-order valence-electron chi connectivity index (χ1n) is 7.06. The zero-order valence-corrected chi connectivity index (χ0v) is 13.1. The number of pyridine rings is 1. The summed E-state index contributed by atoms with van der Waals surface area (Å²) in [5.74, 6) is 1.33. The van der Waals surface area contributed by atoms with Gasteiger partial charge in [-0.25, -0.2) is 4.98 Å². The first kappa shape index (κ1) is 15.5. The number of hydrogen-bond acceptors (Lipinski definition) is 6. The van der Waals surface area contributed by atoms with E-state index in [2.05, 4.69) is 20.5 Å². The van der Waals surface area contributed by atoms with Crippen molar-refractivity contribution < 1.29 is 14.3 Å². The summed E-state index contributed by atoms with van der Waals surface area (Å²) in [5.41, 5.74) is 0.791. The number of carbonyl (C=O) groups is 1. The minimum atomic E-state index is -0.353. The fraction of sp³-hybridized carbons (Fsp3) is 0.125. The van der Waals surface area contributed by atoms with Crippen LogP contribution < -0.4 is 14.8 Å². The van der Waals surface area contributed by atoms with Crippen LogP contribution in [-0.4, -0.2) is 39.9 Å². The second kappa shape index (κ2) is 6.78. The van der Waals surface area contributed by atoms with Crippen LogP contribution in [0.2, 0.25) is 0 Å². The van der Waals surface area contributed by atoms with Crippen molar-refractivity contribution in [3.05, 3.63) is 54.7 Å². The molecule has 2 aromatic heterocycles. The van der Waals surface area contributed by atoms with Gasteiger partial charge in [0.05, 0.1) is 19.9 Å². The third-order valence-electron chi connectivity index (χ3n) is 3.31. The van der Waals surface area contributed by atoms with Gasteiger partial charge in [0.2, 0.25) is 0 Å². The fourth-order valence-electron chi connectivity index (χ4n) is 2.10. The van der Waals surface area contributed by atoms with Crippen molar-refractivity contribution in [2.75, 3.05) is 19.5 Å². The topological polar surface area (TPSA) is 91.2 Å². The predicted molar refractivity (Wildman–Crippen MR) is 86.7 cm³/mol. The van der Waals surface area contributed by atoms with Crippen LogP contribution in [0.3, 0.4) is 0 Å². The van der Waals surface area contributed by atoms with Crippen LogP contribution in [0.1, 0.15) is 10.5 Å². The van der Waals surface area contributed by atoms with E-state index in [9.17, 15) is 4.79 Å². The van der Waals surface area contributed by atoms with Crippen LogP contribution in [0, 0.1) is 0 Å². The molecule has 3 rings (SSSR count). The number of methoxy groups -OCH3 is 2. The van der Waals surface area contributed by atoms with Crippen molar-refractivity contribution in [2.24, 2.45) is 0 Å². The Morgan fingerprint density at radius 3 is 2.58 bits per heavy atom. The van der Waals surface area contributed by atoms with E-state index in [4.69, 9.17) is 9.47 Å². The molecule has 0 aliphatic heterocycles. The lowest BCUT2D eigenvalue weighted by molar-refractivity contribution is 0.102. The Morgan fingerprint density at radius 1 is 1.08 bits per heavy atom. The minimum absolute atomic E-state index is 0.263. The molecule has 0 saturated carbocycles. The maximum Gasteiger partial charge on any atom is 0.274 e. The Balaban J connectivity index is 1.84. The lowest BCUT2D eigenvalue weighted by atomic mass is 10.2. The number of aromatic nitrogens is 4. The predicted octanol–water partition coefficient (Wildman–Crippen LogP) is 1.93. The lowest BCUT2D eigenvalue weighted by Crippen LogP contribution is -2.15. The maximum absolute atomic E-state index is 12.5. The fourth-order valence-corrected chi connectivity index (χ4v) is 2.10. The minimum Gasteiger partial charge on any atom is -0.497 e. The van der Waals surface area contributed by atoms with Crippen molar-refractivity contribution >= 4 is 11.6 Å². The highest BCUT2D eigenvalue weighted by molar-refractivity contribution is 6.03. The molecular formula is C16H15N5O3. The van der Waals surface area contributed by atoms with Gasteiger partial charge in [0.1, 0.15) is 35.7 Å². The molecule has 122 valence electrons. The van der Waals surface area contributed by atoms with E-state index in [-0.39, 0.29) is 11.6 Å². The SMILES string of the molecule is COc1ccc(NC(=O)c2cccc(-n3cnnc3)n2)c(OC)c1. The van der Waals surface area contributed by atoms with E-state index >= 15 is 0 Å². The molecule has 0 saturated heterocycles. The molecule has 0 fully saturated rings. The summed E-state index contributed by atoms with van der Waals surface area (Å²) < 4.78 is 12.0. The van der Waals surface area contributed by atoms with Crippen LogP contribution in [0.15, 0.2) is 49.1 Å². The number of nitrogens with one attached hydrogen (secondary N) is 1. The molecule has 1 aromatic carbocycles. The summed E-state index contributed by atoms with van der Waals surface area (Å²) >= 11 is 0. The second-order valence-electron chi connectivity index (χ2n) is 4.77. The molecule has 1 N–H and O–H groups in total. The van der Waals surface area contributed by atoms with Gasteiger partial charge < -0.3 is 14.8 Å². The molecule has 1 amide bonds. The largest absolute Gasteiger partial charge is 0.497 e. The number of hydrogen-bond donors (Lipinski definition) is 1. The van der Waals surface area contributed by atoms with Gasteiger partial charge in [0, 0.05) is 6.07 Å². The van der Waals surface area contributed by atoms with Gasteiger partial charge in [-0.3, -0.25) is 9.36 Å². The number of amides is 1. The summed E-state index contributed by atoms with van der Waals surface area (Å²) in [7, 11) is 3.09. The number of benzene rings is 1. The lowest BCUT2D eigenvalue weighted by Gasteiger charge is -2.11. The van der Waals surface area contributed by atoms with Crippen molar-refractivity contribution in [1.82, 2.24) is 19.7 Å². The molecule has 2 heterocycles. The zero-order valence-electron chi connectivity index (χ0n) is 13.1. The molecule has 0 radical (unpaired) electrons. The Labute approximate surface area is 138 Å². The number of carbonyl (C=O) groups excluding carboxylic acids is 1. The van der Waals surface area contributed by atoms with Crippen LogP contribution in [-0.2, 0) is 0 Å². The third kappa shape index (κ3) is 3.17. The molecule has 0 aliphatic carbocycles. The molecule has 0 atom stereocenters. The van der Waals surface area contributed by atoms with Gasteiger partial charge >= 0.3 is 0 Å². The van der Waals surface area contributed by atoms with Gasteiger partial charge in [0.15, 0.2) is 0 Å². The normalized spacial score (nSPS) is 10.2. The highest BCUT2D eigenvalue weighted by atomic mass is 16.5. The van der Waals surface area contributed by atoms with E-state index in [1.54, 1.807) is 48.1 Å². The highest BCUT2D eigenvalue weighted by Gasteiger charge is 2.13. The molecule has 0 bridgehead atoms. The number of nitrogens with zero attached hydrogens (tertiary/aromatic N) is 4. The van der Waals surface area contributed by atoms with Gasteiger partial charge in [-0.05, 0) is 24.3 Å². The average Bonchev–Trinajstić information content (AvgIpc) is 3.17. The van der Waals surface area contributed by atoms with Crippen molar-refractivity contribution in [3.8, 4) is 17.3 Å². The summed E-state index contributed by atoms with van der Waals surface area (Å²) in [6.45, 7) is 0. The van der Waals surface area contributed by atoms with E-state index in [1.807, 2.05) is 0 Å². The quantitative estimate of drug-likeness (QED) is 0.771. The second-order valence-corrected chi connectivity index (χ2v) is 4.77. The van der Waals surface area contributed by atoms with Crippen molar-refractivity contribution in [2.45, 2.75) is 0 Å². The molecule has 24 heavy (non-hydrogen) atoms. The first-order chi connectivity index (χ1) is 11.7. The smallest absolute Gasteiger partial charge is 0.274 e. The Morgan fingerprint density at radius 2 is 1.88 bits per heavy atom. The Hall–Kier alpha value is -3.42. The third-order valence-corrected chi connectivity index (χ3v) is 3.31. The van der Waals surface area contributed by atoms with E-state index in [0.29, 0.717) is 23.0 Å². The van der Waals surface area contributed by atoms with Crippen LogP contribution in [0.5, 0.6) is 11.5 Å². The van der Waals surface area contributed by atoms with E-state index < -0.39 is 0 Å². The molecule has 8 nitrogen and oxygen atoms in total. The van der Waals surface area contributed by atoms with Gasteiger partial charge in [-0.2, -0.15) is 0 Å². The molecular weight excluding hydrogens is 310 g/mol. The van der Waals surface area contributed by atoms with Gasteiger partial charge in [-0.15, -0.1) is 10.2 Å².